The van der Waals surface area contributed by atoms with E-state index in [9.17, 15) is 9.59 Å². The van der Waals surface area contributed by atoms with Gasteiger partial charge in [0.15, 0.2) is 4.80 Å². The number of halogens is 3. The Morgan fingerprint density at radius 2 is 1.67 bits per heavy atom. The van der Waals surface area contributed by atoms with Crippen molar-refractivity contribution in [2.45, 2.75) is 26.5 Å². The summed E-state index contributed by atoms with van der Waals surface area (Å²) in [4.78, 5) is 33.5. The van der Waals surface area contributed by atoms with E-state index in [-0.39, 0.29) is 12.2 Å². The molecule has 0 spiro atoms. The molecule has 48 heavy (non-hydrogen) atoms. The van der Waals surface area contributed by atoms with Crippen molar-refractivity contribution < 1.29 is 19.0 Å². The lowest BCUT2D eigenvalue weighted by Crippen LogP contribution is -2.40. The molecule has 2 heterocycles. The Labute approximate surface area is 313 Å². The molecular weight excluding hydrogens is 874 g/mol. The molecule has 1 atom stereocenters. The second-order valence-corrected chi connectivity index (χ2v) is 14.4. The van der Waals surface area contributed by atoms with Gasteiger partial charge in [0.1, 0.15) is 18.1 Å². The average Bonchev–Trinajstić information content (AvgIpc) is 3.38. The minimum Gasteiger partial charge on any atom is -0.494 e. The van der Waals surface area contributed by atoms with Crippen molar-refractivity contribution in [2.75, 3.05) is 13.2 Å². The third-order valence-corrected chi connectivity index (χ3v) is 10.3. The second-order valence-electron chi connectivity index (χ2n) is 10.7. The van der Waals surface area contributed by atoms with E-state index >= 15 is 0 Å². The van der Waals surface area contributed by atoms with Gasteiger partial charge in [-0.05, 0) is 118 Å². The molecule has 4 aromatic carbocycles. The van der Waals surface area contributed by atoms with Crippen molar-refractivity contribution in [2.24, 2.45) is 4.99 Å². The van der Waals surface area contributed by atoms with E-state index in [1.165, 1.54) is 11.3 Å². The third kappa shape index (κ3) is 7.41. The number of ether oxygens (including phenoxy) is 3. The summed E-state index contributed by atoms with van der Waals surface area (Å²) in [7, 11) is 0. The summed E-state index contributed by atoms with van der Waals surface area (Å²) in [6, 6.07) is 27.7. The number of fused-ring (bicyclic) bond motifs is 1. The van der Waals surface area contributed by atoms with Crippen molar-refractivity contribution in [3.63, 3.8) is 0 Å². The van der Waals surface area contributed by atoms with Crippen molar-refractivity contribution in [1.82, 2.24) is 4.57 Å². The predicted octanol–water partition coefficient (Wildman–Crippen LogP) is 7.78. The molecule has 11 heteroatoms. The molecule has 0 unspecified atom stereocenters. The number of hydrogen-bond acceptors (Lipinski definition) is 7. The molecule has 1 aliphatic heterocycles. The van der Waals surface area contributed by atoms with Crippen LogP contribution < -0.4 is 24.4 Å². The lowest BCUT2D eigenvalue weighted by atomic mass is 9.93. The molecular formula is C37H29ClI2N2O5S. The van der Waals surface area contributed by atoms with Crippen LogP contribution in [0.1, 0.15) is 42.1 Å². The first-order valence-electron chi connectivity index (χ1n) is 15.1. The van der Waals surface area contributed by atoms with Crippen LogP contribution in [0.2, 0.25) is 5.02 Å². The predicted molar refractivity (Wildman–Crippen MR) is 206 cm³/mol. The van der Waals surface area contributed by atoms with E-state index in [4.69, 9.17) is 30.8 Å². The van der Waals surface area contributed by atoms with Crippen LogP contribution in [0.3, 0.4) is 0 Å². The van der Waals surface area contributed by atoms with Gasteiger partial charge in [0, 0.05) is 10.6 Å². The first kappa shape index (κ1) is 34.4. The number of carbonyl (C=O) groups is 1. The highest BCUT2D eigenvalue weighted by Crippen LogP contribution is 2.36. The summed E-state index contributed by atoms with van der Waals surface area (Å²) < 4.78 is 21.3. The molecule has 0 aliphatic carbocycles. The Morgan fingerprint density at radius 1 is 0.938 bits per heavy atom. The summed E-state index contributed by atoms with van der Waals surface area (Å²) in [6.07, 6.45) is 1.86. The fourth-order valence-corrected chi connectivity index (χ4v) is 8.74. The maximum atomic E-state index is 14.3. The highest BCUT2D eigenvalue weighted by atomic mass is 127. The molecule has 6 rings (SSSR count). The lowest BCUT2D eigenvalue weighted by Gasteiger charge is -2.26. The number of rotatable bonds is 10. The Hall–Kier alpha value is -3.46. The zero-order chi connectivity index (χ0) is 33.8. The van der Waals surface area contributed by atoms with E-state index < -0.39 is 12.0 Å². The highest BCUT2D eigenvalue weighted by Gasteiger charge is 2.35. The van der Waals surface area contributed by atoms with Crippen LogP contribution in [-0.4, -0.2) is 23.8 Å². The second kappa shape index (κ2) is 15.4. The summed E-state index contributed by atoms with van der Waals surface area (Å²) in [5, 5.41) is 0.660. The van der Waals surface area contributed by atoms with E-state index in [2.05, 4.69) is 45.2 Å². The number of aromatic nitrogens is 1. The molecule has 0 fully saturated rings. The highest BCUT2D eigenvalue weighted by molar-refractivity contribution is 14.1. The summed E-state index contributed by atoms with van der Waals surface area (Å²) in [5.74, 6) is 0.936. The molecule has 0 N–H and O–H groups in total. The SMILES string of the molecule is CCOC(=O)C1=C(c2ccccc2)N=c2s/c(=C\c3cc(I)c(OCc4cccc(Cl)c4)c(I)c3)c(=O)n2[C@@H]1c1ccc(OCC)cc1. The van der Waals surface area contributed by atoms with Gasteiger partial charge in [-0.3, -0.25) is 9.36 Å². The van der Waals surface area contributed by atoms with Gasteiger partial charge in [-0.1, -0.05) is 77.5 Å². The fraction of sp³-hybridized carbons (Fsp3) is 0.162. The first-order valence-corrected chi connectivity index (χ1v) is 18.5. The third-order valence-electron chi connectivity index (χ3n) is 7.47. The standard InChI is InChI=1S/C37H29ClI2N2O5S/c1-3-45-27-15-13-25(14-16-27)33-31(36(44)46-4-2)32(24-10-6-5-7-11-24)41-37-42(33)35(43)30(48-37)20-23-18-28(39)34(29(40)19-23)47-21-22-9-8-12-26(38)17-22/h5-20,33H,3-4,21H2,1-2H3/b30-20-/t33-/m1/s1. The topological polar surface area (TPSA) is 79.1 Å². The molecule has 7 nitrogen and oxygen atoms in total. The van der Waals surface area contributed by atoms with Crippen LogP contribution in [0.25, 0.3) is 11.8 Å². The molecule has 0 saturated carbocycles. The average molecular weight is 903 g/mol. The van der Waals surface area contributed by atoms with Crippen LogP contribution in [0.5, 0.6) is 11.5 Å². The molecule has 0 bridgehead atoms. The van der Waals surface area contributed by atoms with E-state index in [1.54, 1.807) is 11.5 Å². The summed E-state index contributed by atoms with van der Waals surface area (Å²) in [6.45, 7) is 4.76. The molecule has 0 radical (unpaired) electrons. The zero-order valence-electron chi connectivity index (χ0n) is 25.9. The Kier molecular flexibility index (Phi) is 11.0. The van der Waals surface area contributed by atoms with Gasteiger partial charge < -0.3 is 14.2 Å². The normalized spacial score (nSPS) is 14.4. The molecule has 1 aliphatic rings. The van der Waals surface area contributed by atoms with Crippen molar-refractivity contribution in [3.05, 3.63) is 151 Å². The Balaban J connectivity index is 1.47. The van der Waals surface area contributed by atoms with Gasteiger partial charge in [-0.2, -0.15) is 0 Å². The molecule has 1 aromatic heterocycles. The number of hydrogen-bond donors (Lipinski definition) is 0. The quantitative estimate of drug-likeness (QED) is 0.106. The van der Waals surface area contributed by atoms with Crippen LogP contribution >= 0.6 is 68.1 Å². The van der Waals surface area contributed by atoms with Crippen LogP contribution in [0.4, 0.5) is 0 Å². The van der Waals surface area contributed by atoms with Gasteiger partial charge >= 0.3 is 5.97 Å². The van der Waals surface area contributed by atoms with Crippen LogP contribution in [0.15, 0.2) is 106 Å². The van der Waals surface area contributed by atoms with Gasteiger partial charge in [0.05, 0.1) is 42.2 Å². The van der Waals surface area contributed by atoms with Crippen molar-refractivity contribution in [1.29, 1.82) is 0 Å². The number of thiazole rings is 1. The summed E-state index contributed by atoms with van der Waals surface area (Å²) >= 11 is 11.9. The first-order chi connectivity index (χ1) is 23.3. The van der Waals surface area contributed by atoms with E-state index in [1.807, 2.05) is 104 Å². The Bertz CT molecular complexity index is 2170. The molecule has 0 saturated heterocycles. The number of nitrogens with zero attached hydrogens (tertiary/aromatic N) is 2. The maximum absolute atomic E-state index is 14.3. The van der Waals surface area contributed by atoms with Gasteiger partial charge in [-0.15, -0.1) is 0 Å². The minimum atomic E-state index is -0.768. The van der Waals surface area contributed by atoms with Gasteiger partial charge in [0.25, 0.3) is 5.56 Å². The van der Waals surface area contributed by atoms with E-state index in [0.29, 0.717) is 44.6 Å². The number of esters is 1. The van der Waals surface area contributed by atoms with Gasteiger partial charge in [-0.25, -0.2) is 9.79 Å². The lowest BCUT2D eigenvalue weighted by molar-refractivity contribution is -0.138. The number of carbonyl (C=O) groups excluding carboxylic acids is 1. The summed E-state index contributed by atoms with van der Waals surface area (Å²) in [5.41, 5.74) is 3.84. The molecule has 5 aromatic rings. The largest absolute Gasteiger partial charge is 0.494 e. The van der Waals surface area contributed by atoms with Gasteiger partial charge in [0.2, 0.25) is 0 Å². The smallest absolute Gasteiger partial charge is 0.338 e. The zero-order valence-corrected chi connectivity index (χ0v) is 31.8. The van der Waals surface area contributed by atoms with E-state index in [0.717, 1.165) is 35.1 Å². The fourth-order valence-electron chi connectivity index (χ4n) is 5.40. The minimum absolute atomic E-state index is 0.181. The Morgan fingerprint density at radius 3 is 2.33 bits per heavy atom. The maximum Gasteiger partial charge on any atom is 0.338 e. The molecule has 0 amide bonds. The number of benzene rings is 4. The monoisotopic (exact) mass is 902 g/mol. The van der Waals surface area contributed by atoms with Crippen molar-refractivity contribution >= 4 is 85.9 Å². The van der Waals surface area contributed by atoms with Crippen LogP contribution in [0, 0.1) is 7.14 Å². The van der Waals surface area contributed by atoms with Crippen molar-refractivity contribution in [3.8, 4) is 11.5 Å². The van der Waals surface area contributed by atoms with Crippen LogP contribution in [-0.2, 0) is 16.1 Å². The molecule has 244 valence electrons.